The summed E-state index contributed by atoms with van der Waals surface area (Å²) >= 11 is 1.65. The Hall–Kier alpha value is -0.900. The predicted molar refractivity (Wildman–Crippen MR) is 60.4 cm³/mol. The number of benzene rings is 1. The third kappa shape index (κ3) is 1.66. The van der Waals surface area contributed by atoms with Crippen LogP contribution in [0.2, 0.25) is 0 Å². The summed E-state index contributed by atoms with van der Waals surface area (Å²) in [6, 6.07) is 9.93. The maximum Gasteiger partial charge on any atom is 0.0712 e. The van der Waals surface area contributed by atoms with Crippen LogP contribution in [0.15, 0.2) is 30.3 Å². The van der Waals surface area contributed by atoms with E-state index in [1.54, 1.807) is 18.3 Å². The zero-order valence-electron chi connectivity index (χ0n) is 7.97. The summed E-state index contributed by atoms with van der Waals surface area (Å²) in [6.07, 6.45) is -0.497. The lowest BCUT2D eigenvalue weighted by Crippen LogP contribution is -2.21. The molecular weight excluding hydrogens is 194 g/mol. The normalized spacial score (nSPS) is 15.6. The monoisotopic (exact) mass is 207 g/mol. The van der Waals surface area contributed by atoms with Crippen molar-refractivity contribution in [3.63, 3.8) is 0 Å². The highest BCUT2D eigenvalue weighted by Gasteiger charge is 2.14. The van der Waals surface area contributed by atoms with E-state index in [0.29, 0.717) is 0 Å². The number of hydrogen-bond acceptors (Lipinski definition) is 3. The highest BCUT2D eigenvalue weighted by Crippen LogP contribution is 2.29. The number of aliphatic hydroxyl groups excluding tert-OH is 1. The molecule has 74 valence electrons. The highest BCUT2D eigenvalue weighted by atomic mass is 32.1. The van der Waals surface area contributed by atoms with E-state index in [1.807, 2.05) is 12.1 Å². The van der Waals surface area contributed by atoms with E-state index in [-0.39, 0.29) is 6.04 Å². The van der Waals surface area contributed by atoms with Crippen molar-refractivity contribution in [1.29, 1.82) is 0 Å². The van der Waals surface area contributed by atoms with Gasteiger partial charge in [-0.1, -0.05) is 18.2 Å². The summed E-state index contributed by atoms with van der Waals surface area (Å²) in [5.41, 5.74) is 5.86. The molecule has 0 aliphatic rings. The van der Waals surface area contributed by atoms with Crippen molar-refractivity contribution < 1.29 is 5.11 Å². The minimum absolute atomic E-state index is 0.271. The van der Waals surface area contributed by atoms with Gasteiger partial charge in [0.15, 0.2) is 0 Å². The predicted octanol–water partition coefficient (Wildman–Crippen LogP) is 2.28. The van der Waals surface area contributed by atoms with E-state index in [1.165, 1.54) is 10.1 Å². The Morgan fingerprint density at radius 3 is 2.71 bits per heavy atom. The highest BCUT2D eigenvalue weighted by molar-refractivity contribution is 7.19. The summed E-state index contributed by atoms with van der Waals surface area (Å²) in [5, 5.41) is 10.6. The molecule has 0 bridgehead atoms. The standard InChI is InChI=1S/C11H13NOS/c1-7(13)11(12)10-6-8-4-2-3-5-9(8)14-10/h2-7,11,13H,12H2,1H3/t7-,11+/m1/s1. The van der Waals surface area contributed by atoms with Crippen LogP contribution in [0.1, 0.15) is 17.8 Å². The Bertz CT molecular complexity index is 403. The third-order valence-corrected chi connectivity index (χ3v) is 3.51. The molecule has 1 heterocycles. The molecular formula is C11H13NOS. The van der Waals surface area contributed by atoms with Crippen LogP contribution in [-0.4, -0.2) is 11.2 Å². The van der Waals surface area contributed by atoms with Crippen LogP contribution in [0.25, 0.3) is 10.1 Å². The van der Waals surface area contributed by atoms with E-state index in [4.69, 9.17) is 5.73 Å². The first kappa shape index (κ1) is 9.65. The first-order valence-electron chi connectivity index (χ1n) is 4.60. The molecule has 0 aliphatic carbocycles. The molecule has 0 aliphatic heterocycles. The second kappa shape index (κ2) is 3.69. The molecule has 2 nitrogen and oxygen atoms in total. The maximum atomic E-state index is 9.38. The fourth-order valence-corrected chi connectivity index (χ4v) is 2.57. The lowest BCUT2D eigenvalue weighted by atomic mass is 10.1. The first-order valence-corrected chi connectivity index (χ1v) is 5.42. The van der Waals surface area contributed by atoms with Gasteiger partial charge < -0.3 is 10.8 Å². The summed E-state index contributed by atoms with van der Waals surface area (Å²) < 4.78 is 1.22. The van der Waals surface area contributed by atoms with Crippen molar-refractivity contribution in [2.75, 3.05) is 0 Å². The van der Waals surface area contributed by atoms with Crippen LogP contribution >= 0.6 is 11.3 Å². The molecule has 0 fully saturated rings. The molecule has 1 aromatic heterocycles. The molecule has 0 saturated carbocycles. The van der Waals surface area contributed by atoms with Gasteiger partial charge >= 0.3 is 0 Å². The molecule has 1 aromatic carbocycles. The van der Waals surface area contributed by atoms with Crippen LogP contribution in [0.4, 0.5) is 0 Å². The fraction of sp³-hybridized carbons (Fsp3) is 0.273. The van der Waals surface area contributed by atoms with Crippen molar-refractivity contribution in [3.8, 4) is 0 Å². The van der Waals surface area contributed by atoms with E-state index in [9.17, 15) is 5.11 Å². The van der Waals surface area contributed by atoms with Crippen molar-refractivity contribution in [2.45, 2.75) is 19.1 Å². The molecule has 0 saturated heterocycles. The van der Waals surface area contributed by atoms with Gasteiger partial charge in [0.2, 0.25) is 0 Å². The molecule has 2 atom stereocenters. The van der Waals surface area contributed by atoms with Gasteiger partial charge in [0.25, 0.3) is 0 Å². The molecule has 0 amide bonds. The number of fused-ring (bicyclic) bond motifs is 1. The van der Waals surface area contributed by atoms with Gasteiger partial charge in [-0.3, -0.25) is 0 Å². The number of aliphatic hydroxyl groups is 1. The van der Waals surface area contributed by atoms with Crippen LogP contribution in [-0.2, 0) is 0 Å². The number of hydrogen-bond donors (Lipinski definition) is 2. The van der Waals surface area contributed by atoms with Crippen LogP contribution in [0.5, 0.6) is 0 Å². The maximum absolute atomic E-state index is 9.38. The molecule has 2 aromatic rings. The Labute approximate surface area is 87.0 Å². The van der Waals surface area contributed by atoms with Gasteiger partial charge in [0.05, 0.1) is 12.1 Å². The Balaban J connectivity index is 2.45. The van der Waals surface area contributed by atoms with E-state index in [2.05, 4.69) is 18.2 Å². The molecule has 0 radical (unpaired) electrons. The van der Waals surface area contributed by atoms with E-state index >= 15 is 0 Å². The molecule has 14 heavy (non-hydrogen) atoms. The summed E-state index contributed by atoms with van der Waals surface area (Å²) in [7, 11) is 0. The molecule has 2 rings (SSSR count). The third-order valence-electron chi connectivity index (χ3n) is 2.29. The van der Waals surface area contributed by atoms with Crippen molar-refractivity contribution >= 4 is 21.4 Å². The average molecular weight is 207 g/mol. The average Bonchev–Trinajstić information content (AvgIpc) is 2.59. The van der Waals surface area contributed by atoms with Gasteiger partial charge in [-0.2, -0.15) is 0 Å². The lowest BCUT2D eigenvalue weighted by Gasteiger charge is -2.11. The summed E-state index contributed by atoms with van der Waals surface area (Å²) in [6.45, 7) is 1.72. The fourth-order valence-electron chi connectivity index (χ4n) is 1.40. The van der Waals surface area contributed by atoms with Gasteiger partial charge in [-0.25, -0.2) is 0 Å². The van der Waals surface area contributed by atoms with Crippen LogP contribution in [0.3, 0.4) is 0 Å². The second-order valence-corrected chi connectivity index (χ2v) is 4.57. The zero-order valence-corrected chi connectivity index (χ0v) is 8.79. The summed E-state index contributed by atoms with van der Waals surface area (Å²) in [4.78, 5) is 1.04. The minimum Gasteiger partial charge on any atom is -0.391 e. The lowest BCUT2D eigenvalue weighted by molar-refractivity contribution is 0.165. The SMILES string of the molecule is C[C@@H](O)[C@H](N)c1cc2ccccc2s1. The first-order chi connectivity index (χ1) is 6.68. The number of rotatable bonds is 2. The smallest absolute Gasteiger partial charge is 0.0712 e. The molecule has 0 spiro atoms. The molecule has 3 heteroatoms. The van der Waals surface area contributed by atoms with Crippen LogP contribution < -0.4 is 5.73 Å². The molecule has 3 N–H and O–H groups in total. The number of nitrogens with two attached hydrogens (primary N) is 1. The van der Waals surface area contributed by atoms with Crippen molar-refractivity contribution in [2.24, 2.45) is 5.73 Å². The van der Waals surface area contributed by atoms with Crippen molar-refractivity contribution in [1.82, 2.24) is 0 Å². The van der Waals surface area contributed by atoms with Gasteiger partial charge in [0.1, 0.15) is 0 Å². The van der Waals surface area contributed by atoms with Crippen molar-refractivity contribution in [3.05, 3.63) is 35.2 Å². The van der Waals surface area contributed by atoms with Gasteiger partial charge in [0, 0.05) is 9.58 Å². The Morgan fingerprint density at radius 1 is 1.36 bits per heavy atom. The van der Waals surface area contributed by atoms with E-state index < -0.39 is 6.10 Å². The zero-order chi connectivity index (χ0) is 10.1. The minimum atomic E-state index is -0.497. The molecule has 0 unspecified atom stereocenters. The largest absolute Gasteiger partial charge is 0.391 e. The van der Waals surface area contributed by atoms with Crippen LogP contribution in [0, 0.1) is 0 Å². The Kier molecular flexibility index (Phi) is 2.54. The second-order valence-electron chi connectivity index (χ2n) is 3.45. The summed E-state index contributed by atoms with van der Waals surface area (Å²) in [5.74, 6) is 0. The quantitative estimate of drug-likeness (QED) is 0.793. The van der Waals surface area contributed by atoms with Gasteiger partial charge in [-0.15, -0.1) is 11.3 Å². The number of thiophene rings is 1. The Morgan fingerprint density at radius 2 is 2.07 bits per heavy atom. The van der Waals surface area contributed by atoms with Gasteiger partial charge in [-0.05, 0) is 24.4 Å². The van der Waals surface area contributed by atoms with E-state index in [0.717, 1.165) is 4.88 Å². The topological polar surface area (TPSA) is 46.2 Å².